The van der Waals surface area contributed by atoms with E-state index in [1.54, 1.807) is 12.1 Å². The number of nitrogens with two attached hydrogens (primary N) is 1. The van der Waals surface area contributed by atoms with Crippen molar-refractivity contribution < 1.29 is 8.91 Å². The van der Waals surface area contributed by atoms with Crippen molar-refractivity contribution in [2.45, 2.75) is 25.8 Å². The van der Waals surface area contributed by atoms with Gasteiger partial charge in [0.1, 0.15) is 5.82 Å². The van der Waals surface area contributed by atoms with E-state index in [9.17, 15) is 4.39 Å². The van der Waals surface area contributed by atoms with Crippen molar-refractivity contribution in [1.29, 1.82) is 0 Å². The third kappa shape index (κ3) is 2.68. The summed E-state index contributed by atoms with van der Waals surface area (Å²) in [6.45, 7) is 2.03. The first-order valence-corrected chi connectivity index (χ1v) is 5.56. The van der Waals surface area contributed by atoms with Gasteiger partial charge in [-0.1, -0.05) is 30.6 Å². The van der Waals surface area contributed by atoms with E-state index < -0.39 is 0 Å². The average molecular weight is 235 g/mol. The summed E-state index contributed by atoms with van der Waals surface area (Å²) in [7, 11) is 0. The van der Waals surface area contributed by atoms with Crippen LogP contribution < -0.4 is 5.73 Å². The van der Waals surface area contributed by atoms with Crippen molar-refractivity contribution in [3.05, 3.63) is 36.0 Å². The minimum absolute atomic E-state index is 0.255. The Morgan fingerprint density at radius 3 is 3.00 bits per heavy atom. The third-order valence-corrected chi connectivity index (χ3v) is 2.44. The molecule has 1 atom stereocenters. The summed E-state index contributed by atoms with van der Waals surface area (Å²) in [5.74, 6) is 0.434. The molecule has 2 N–H and O–H groups in total. The molecule has 0 aliphatic rings. The molecule has 90 valence electrons. The molecule has 0 radical (unpaired) electrons. The fraction of sp³-hybridized carbons (Fsp3) is 0.333. The maximum atomic E-state index is 13.0. The van der Waals surface area contributed by atoms with Crippen LogP contribution in [0.1, 0.15) is 31.7 Å². The Morgan fingerprint density at radius 2 is 2.29 bits per heavy atom. The highest BCUT2D eigenvalue weighted by molar-refractivity contribution is 5.53. The van der Waals surface area contributed by atoms with E-state index in [1.807, 2.05) is 6.92 Å². The van der Waals surface area contributed by atoms with Crippen LogP contribution in [0.4, 0.5) is 4.39 Å². The summed E-state index contributed by atoms with van der Waals surface area (Å²) >= 11 is 0. The molecule has 1 aromatic carbocycles. The van der Waals surface area contributed by atoms with Gasteiger partial charge in [-0.25, -0.2) is 4.39 Å². The van der Waals surface area contributed by atoms with Crippen molar-refractivity contribution in [1.82, 2.24) is 10.1 Å². The Hall–Kier alpha value is -1.75. The molecular formula is C12H14FN3O. The van der Waals surface area contributed by atoms with Crippen LogP contribution >= 0.6 is 0 Å². The zero-order chi connectivity index (χ0) is 12.3. The largest absolute Gasteiger partial charge is 0.337 e. The van der Waals surface area contributed by atoms with Gasteiger partial charge >= 0.3 is 0 Å². The van der Waals surface area contributed by atoms with E-state index in [-0.39, 0.29) is 11.9 Å². The lowest BCUT2D eigenvalue weighted by molar-refractivity contribution is 0.348. The Bertz CT molecular complexity index is 498. The van der Waals surface area contributed by atoms with Crippen molar-refractivity contribution in [2.75, 3.05) is 0 Å². The number of benzene rings is 1. The third-order valence-electron chi connectivity index (χ3n) is 2.44. The molecule has 0 aliphatic carbocycles. The van der Waals surface area contributed by atoms with Crippen molar-refractivity contribution in [3.8, 4) is 11.4 Å². The summed E-state index contributed by atoms with van der Waals surface area (Å²) in [6, 6.07) is 5.80. The van der Waals surface area contributed by atoms with Crippen molar-refractivity contribution >= 4 is 0 Å². The normalized spacial score (nSPS) is 12.6. The van der Waals surface area contributed by atoms with E-state index in [2.05, 4.69) is 10.1 Å². The molecule has 2 aromatic rings. The van der Waals surface area contributed by atoms with Crippen LogP contribution in [0.2, 0.25) is 0 Å². The first-order valence-electron chi connectivity index (χ1n) is 5.56. The van der Waals surface area contributed by atoms with Crippen LogP contribution in [-0.2, 0) is 0 Å². The molecule has 1 heterocycles. The predicted octanol–water partition coefficient (Wildman–Crippen LogP) is 2.68. The molecule has 0 aliphatic heterocycles. The zero-order valence-corrected chi connectivity index (χ0v) is 9.56. The number of halogens is 1. The van der Waals surface area contributed by atoms with Crippen LogP contribution in [-0.4, -0.2) is 10.1 Å². The second kappa shape index (κ2) is 5.05. The number of hydrogen-bond acceptors (Lipinski definition) is 4. The predicted molar refractivity (Wildman–Crippen MR) is 61.5 cm³/mol. The number of hydrogen-bond donors (Lipinski definition) is 1. The first-order chi connectivity index (χ1) is 8.20. The minimum atomic E-state index is -0.327. The van der Waals surface area contributed by atoms with E-state index in [0.29, 0.717) is 17.3 Å². The Kier molecular flexibility index (Phi) is 3.49. The quantitative estimate of drug-likeness (QED) is 0.884. The molecule has 0 amide bonds. The van der Waals surface area contributed by atoms with Crippen LogP contribution in [0.15, 0.2) is 28.8 Å². The van der Waals surface area contributed by atoms with Crippen LogP contribution in [0, 0.1) is 5.82 Å². The molecule has 4 nitrogen and oxygen atoms in total. The molecule has 0 bridgehead atoms. The van der Waals surface area contributed by atoms with E-state index in [0.717, 1.165) is 12.8 Å². The Balaban J connectivity index is 2.23. The monoisotopic (exact) mass is 235 g/mol. The zero-order valence-electron chi connectivity index (χ0n) is 9.56. The molecule has 0 spiro atoms. The Labute approximate surface area is 98.6 Å². The standard InChI is InChI=1S/C12H14FN3O/c1-2-4-10(14)12-15-11(16-17-12)8-5-3-6-9(13)7-8/h3,5-7,10H,2,4,14H2,1H3. The number of rotatable bonds is 4. The van der Waals surface area contributed by atoms with Gasteiger partial charge in [0.2, 0.25) is 11.7 Å². The van der Waals surface area contributed by atoms with E-state index in [4.69, 9.17) is 10.3 Å². The van der Waals surface area contributed by atoms with Gasteiger partial charge in [-0.05, 0) is 18.6 Å². The van der Waals surface area contributed by atoms with Gasteiger partial charge in [0.15, 0.2) is 0 Å². The smallest absolute Gasteiger partial charge is 0.243 e. The molecule has 0 fully saturated rings. The number of aromatic nitrogens is 2. The fourth-order valence-corrected chi connectivity index (χ4v) is 1.57. The topological polar surface area (TPSA) is 64.9 Å². The molecular weight excluding hydrogens is 221 g/mol. The second-order valence-corrected chi connectivity index (χ2v) is 3.86. The lowest BCUT2D eigenvalue weighted by atomic mass is 10.2. The molecule has 0 saturated carbocycles. The highest BCUT2D eigenvalue weighted by Crippen LogP contribution is 2.20. The second-order valence-electron chi connectivity index (χ2n) is 3.86. The van der Waals surface area contributed by atoms with Gasteiger partial charge in [0.25, 0.3) is 0 Å². The lowest BCUT2D eigenvalue weighted by Gasteiger charge is -2.02. The summed E-state index contributed by atoms with van der Waals surface area (Å²) < 4.78 is 18.1. The van der Waals surface area contributed by atoms with E-state index in [1.165, 1.54) is 12.1 Å². The molecule has 5 heteroatoms. The maximum Gasteiger partial charge on any atom is 0.243 e. The van der Waals surface area contributed by atoms with Gasteiger partial charge in [-0.15, -0.1) is 0 Å². The average Bonchev–Trinajstić information content (AvgIpc) is 2.78. The molecule has 1 aromatic heterocycles. The summed E-state index contributed by atoms with van der Waals surface area (Å²) in [5.41, 5.74) is 6.44. The van der Waals surface area contributed by atoms with Crippen molar-refractivity contribution in [2.24, 2.45) is 5.73 Å². The van der Waals surface area contributed by atoms with Gasteiger partial charge < -0.3 is 10.3 Å². The lowest BCUT2D eigenvalue weighted by Crippen LogP contribution is -2.09. The van der Waals surface area contributed by atoms with Crippen LogP contribution in [0.3, 0.4) is 0 Å². The first kappa shape index (κ1) is 11.7. The Morgan fingerprint density at radius 1 is 1.47 bits per heavy atom. The minimum Gasteiger partial charge on any atom is -0.337 e. The molecule has 0 saturated heterocycles. The number of nitrogens with zero attached hydrogens (tertiary/aromatic N) is 2. The van der Waals surface area contributed by atoms with Gasteiger partial charge in [0, 0.05) is 5.56 Å². The molecule has 1 unspecified atom stereocenters. The van der Waals surface area contributed by atoms with Crippen molar-refractivity contribution in [3.63, 3.8) is 0 Å². The van der Waals surface area contributed by atoms with Crippen LogP contribution in [0.5, 0.6) is 0 Å². The van der Waals surface area contributed by atoms with Crippen LogP contribution in [0.25, 0.3) is 11.4 Å². The molecule has 17 heavy (non-hydrogen) atoms. The maximum absolute atomic E-state index is 13.0. The van der Waals surface area contributed by atoms with Gasteiger partial charge in [-0.3, -0.25) is 0 Å². The van der Waals surface area contributed by atoms with E-state index >= 15 is 0 Å². The van der Waals surface area contributed by atoms with Gasteiger partial charge in [-0.2, -0.15) is 4.98 Å². The molecule has 2 rings (SSSR count). The highest BCUT2D eigenvalue weighted by atomic mass is 19.1. The SMILES string of the molecule is CCCC(N)c1nc(-c2cccc(F)c2)no1. The fourth-order valence-electron chi connectivity index (χ4n) is 1.57. The summed E-state index contributed by atoms with van der Waals surface area (Å²) in [4.78, 5) is 4.17. The summed E-state index contributed by atoms with van der Waals surface area (Å²) in [6.07, 6.45) is 1.73. The van der Waals surface area contributed by atoms with Gasteiger partial charge in [0.05, 0.1) is 6.04 Å². The summed E-state index contributed by atoms with van der Waals surface area (Å²) in [5, 5.41) is 3.80. The highest BCUT2D eigenvalue weighted by Gasteiger charge is 2.14.